The summed E-state index contributed by atoms with van der Waals surface area (Å²) in [6.07, 6.45) is 1.44. The maximum absolute atomic E-state index is 13.8. The predicted molar refractivity (Wildman–Crippen MR) is 69.5 cm³/mol. The molecule has 100 valence electrons. The van der Waals surface area contributed by atoms with Crippen molar-refractivity contribution in [1.29, 1.82) is 0 Å². The summed E-state index contributed by atoms with van der Waals surface area (Å²) in [6, 6.07) is 8.31. The molecule has 6 heteroatoms. The first kappa shape index (κ1) is 12.3. The molecule has 0 aliphatic carbocycles. The first-order valence-corrected chi connectivity index (χ1v) is 5.79. The van der Waals surface area contributed by atoms with Gasteiger partial charge in [-0.3, -0.25) is 4.98 Å². The Morgan fingerprint density at radius 1 is 1.00 bits per heavy atom. The Morgan fingerprint density at radius 2 is 1.75 bits per heavy atom. The Morgan fingerprint density at radius 3 is 2.45 bits per heavy atom. The molecule has 0 spiro atoms. The molecule has 0 bridgehead atoms. The molecule has 0 saturated carbocycles. The van der Waals surface area contributed by atoms with Crippen molar-refractivity contribution >= 4 is 5.88 Å². The number of hydrogen-bond acceptors (Lipinski definition) is 4. The van der Waals surface area contributed by atoms with Crippen LogP contribution >= 0.6 is 0 Å². The van der Waals surface area contributed by atoms with Crippen LogP contribution in [0.5, 0.6) is 0 Å². The first-order valence-electron chi connectivity index (χ1n) is 5.79. The van der Waals surface area contributed by atoms with Gasteiger partial charge in [0, 0.05) is 11.8 Å². The van der Waals surface area contributed by atoms with E-state index in [0.717, 1.165) is 0 Å². The molecule has 0 radical (unpaired) electrons. The number of pyridine rings is 1. The minimum atomic E-state index is -0.536. The van der Waals surface area contributed by atoms with E-state index < -0.39 is 5.82 Å². The Labute approximate surface area is 112 Å². The Balaban J connectivity index is 2.20. The van der Waals surface area contributed by atoms with Crippen LogP contribution in [0.2, 0.25) is 0 Å². The highest BCUT2D eigenvalue weighted by Gasteiger charge is 2.21. The SMILES string of the molecule is Nc1onc(-c2ccc(F)cc2)c1-c1ncccc1F. The number of nitrogens with zero attached hydrogens (tertiary/aromatic N) is 2. The minimum Gasteiger partial charge on any atom is -0.367 e. The lowest BCUT2D eigenvalue weighted by Gasteiger charge is -2.03. The van der Waals surface area contributed by atoms with Crippen molar-refractivity contribution in [2.75, 3.05) is 5.73 Å². The zero-order valence-electron chi connectivity index (χ0n) is 10.2. The Kier molecular flexibility index (Phi) is 2.90. The molecular formula is C14H9F2N3O. The Bertz CT molecular complexity index is 753. The fraction of sp³-hybridized carbons (Fsp3) is 0. The summed E-state index contributed by atoms with van der Waals surface area (Å²) in [5.41, 5.74) is 6.89. The zero-order valence-corrected chi connectivity index (χ0v) is 10.2. The standard InChI is InChI=1S/C14H9F2N3O/c15-9-5-3-8(4-6-9)12-11(14(17)20-19-12)13-10(16)2-1-7-18-13/h1-7H,17H2. The molecular weight excluding hydrogens is 264 g/mol. The summed E-state index contributed by atoms with van der Waals surface area (Å²) >= 11 is 0. The molecule has 2 heterocycles. The highest BCUT2D eigenvalue weighted by Crippen LogP contribution is 2.36. The molecule has 0 saturated heterocycles. The fourth-order valence-electron chi connectivity index (χ4n) is 1.91. The third-order valence-electron chi connectivity index (χ3n) is 2.83. The van der Waals surface area contributed by atoms with E-state index in [1.807, 2.05) is 0 Å². The molecule has 0 atom stereocenters. The van der Waals surface area contributed by atoms with Gasteiger partial charge in [0.15, 0.2) is 0 Å². The van der Waals surface area contributed by atoms with E-state index in [4.69, 9.17) is 10.3 Å². The highest BCUT2D eigenvalue weighted by molar-refractivity contribution is 5.85. The number of anilines is 1. The summed E-state index contributed by atoms with van der Waals surface area (Å²) < 4.78 is 31.7. The van der Waals surface area contributed by atoms with Crippen molar-refractivity contribution in [3.63, 3.8) is 0 Å². The van der Waals surface area contributed by atoms with E-state index in [2.05, 4.69) is 10.1 Å². The number of halogens is 2. The van der Waals surface area contributed by atoms with Crippen LogP contribution in [0.25, 0.3) is 22.5 Å². The average molecular weight is 273 g/mol. The van der Waals surface area contributed by atoms with Crippen molar-refractivity contribution in [1.82, 2.24) is 10.1 Å². The van der Waals surface area contributed by atoms with E-state index in [1.165, 1.54) is 42.6 Å². The summed E-state index contributed by atoms with van der Waals surface area (Å²) in [5, 5.41) is 3.80. The van der Waals surface area contributed by atoms with Crippen LogP contribution in [-0.2, 0) is 0 Å². The van der Waals surface area contributed by atoms with Gasteiger partial charge in [0.05, 0.1) is 5.56 Å². The second-order valence-corrected chi connectivity index (χ2v) is 4.11. The molecule has 0 aliphatic heterocycles. The second-order valence-electron chi connectivity index (χ2n) is 4.11. The van der Waals surface area contributed by atoms with E-state index in [1.54, 1.807) is 0 Å². The van der Waals surface area contributed by atoms with E-state index in [-0.39, 0.29) is 23.0 Å². The number of nitrogens with two attached hydrogens (primary N) is 1. The molecule has 2 aromatic heterocycles. The second kappa shape index (κ2) is 4.73. The normalized spacial score (nSPS) is 10.7. The third kappa shape index (κ3) is 2.01. The summed E-state index contributed by atoms with van der Waals surface area (Å²) in [5.74, 6) is -0.955. The number of aromatic nitrogens is 2. The average Bonchev–Trinajstić information content (AvgIpc) is 2.82. The smallest absolute Gasteiger partial charge is 0.232 e. The zero-order chi connectivity index (χ0) is 14.1. The van der Waals surface area contributed by atoms with E-state index >= 15 is 0 Å². The van der Waals surface area contributed by atoms with E-state index in [0.29, 0.717) is 11.3 Å². The molecule has 2 N–H and O–H groups in total. The number of rotatable bonds is 2. The maximum atomic E-state index is 13.8. The van der Waals surface area contributed by atoms with Gasteiger partial charge in [-0.05, 0) is 36.4 Å². The number of hydrogen-bond donors (Lipinski definition) is 1. The third-order valence-corrected chi connectivity index (χ3v) is 2.83. The van der Waals surface area contributed by atoms with Crippen molar-refractivity contribution in [3.8, 4) is 22.5 Å². The largest absolute Gasteiger partial charge is 0.367 e. The molecule has 0 unspecified atom stereocenters. The number of nitrogen functional groups attached to an aromatic ring is 1. The summed E-state index contributed by atoms with van der Waals surface area (Å²) in [4.78, 5) is 3.96. The van der Waals surface area contributed by atoms with Crippen LogP contribution < -0.4 is 5.73 Å². The molecule has 1 aromatic carbocycles. The van der Waals surface area contributed by atoms with E-state index in [9.17, 15) is 8.78 Å². The molecule has 0 fully saturated rings. The quantitative estimate of drug-likeness (QED) is 0.778. The van der Waals surface area contributed by atoms with Gasteiger partial charge in [-0.2, -0.15) is 0 Å². The van der Waals surface area contributed by atoms with Crippen LogP contribution in [0.1, 0.15) is 0 Å². The van der Waals surface area contributed by atoms with Crippen LogP contribution in [0.15, 0.2) is 47.1 Å². The van der Waals surface area contributed by atoms with Crippen LogP contribution in [0, 0.1) is 11.6 Å². The molecule has 0 aliphatic rings. The molecule has 0 amide bonds. The molecule has 20 heavy (non-hydrogen) atoms. The minimum absolute atomic E-state index is 0.0399. The van der Waals surface area contributed by atoms with Crippen LogP contribution in [0.4, 0.5) is 14.7 Å². The van der Waals surface area contributed by atoms with Gasteiger partial charge >= 0.3 is 0 Å². The highest BCUT2D eigenvalue weighted by atomic mass is 19.1. The van der Waals surface area contributed by atoms with Gasteiger partial charge in [-0.15, -0.1) is 0 Å². The van der Waals surface area contributed by atoms with Gasteiger partial charge in [0.25, 0.3) is 0 Å². The van der Waals surface area contributed by atoms with Gasteiger partial charge in [0.2, 0.25) is 5.88 Å². The lowest BCUT2D eigenvalue weighted by molar-refractivity contribution is 0.439. The monoisotopic (exact) mass is 273 g/mol. The van der Waals surface area contributed by atoms with Gasteiger partial charge in [-0.25, -0.2) is 8.78 Å². The first-order chi connectivity index (χ1) is 9.66. The van der Waals surface area contributed by atoms with Gasteiger partial charge in [0.1, 0.15) is 23.0 Å². The summed E-state index contributed by atoms with van der Waals surface area (Å²) in [7, 11) is 0. The fourth-order valence-corrected chi connectivity index (χ4v) is 1.91. The molecule has 3 aromatic rings. The van der Waals surface area contributed by atoms with Crippen molar-refractivity contribution in [2.24, 2.45) is 0 Å². The van der Waals surface area contributed by atoms with Crippen molar-refractivity contribution in [3.05, 3.63) is 54.2 Å². The lowest BCUT2D eigenvalue weighted by atomic mass is 10.0. The number of benzene rings is 1. The lowest BCUT2D eigenvalue weighted by Crippen LogP contribution is -1.93. The topological polar surface area (TPSA) is 64.9 Å². The maximum Gasteiger partial charge on any atom is 0.232 e. The van der Waals surface area contributed by atoms with Crippen molar-refractivity contribution in [2.45, 2.75) is 0 Å². The predicted octanol–water partition coefficient (Wildman–Crippen LogP) is 3.26. The van der Waals surface area contributed by atoms with Crippen molar-refractivity contribution < 1.29 is 13.3 Å². The van der Waals surface area contributed by atoms with Crippen LogP contribution in [0.3, 0.4) is 0 Å². The van der Waals surface area contributed by atoms with Gasteiger partial charge < -0.3 is 10.3 Å². The molecule has 3 rings (SSSR count). The van der Waals surface area contributed by atoms with Crippen LogP contribution in [-0.4, -0.2) is 10.1 Å². The molecule has 4 nitrogen and oxygen atoms in total. The summed E-state index contributed by atoms with van der Waals surface area (Å²) in [6.45, 7) is 0. The van der Waals surface area contributed by atoms with Gasteiger partial charge in [-0.1, -0.05) is 5.16 Å². The Hall–Kier alpha value is -2.76.